The third kappa shape index (κ3) is 3.59. The Bertz CT molecular complexity index is 338. The Kier molecular flexibility index (Phi) is 4.47. The number of rotatable bonds is 4. The van der Waals surface area contributed by atoms with E-state index < -0.39 is 12.7 Å². The van der Waals surface area contributed by atoms with Crippen molar-refractivity contribution in [3.8, 4) is 0 Å². The molecule has 0 aliphatic rings. The molecule has 1 aromatic rings. The van der Waals surface area contributed by atoms with Crippen molar-refractivity contribution in [2.45, 2.75) is 19.0 Å². The number of hydrogen-bond acceptors (Lipinski definition) is 1. The number of hydrogen-bond donors (Lipinski definition) is 0. The van der Waals surface area contributed by atoms with E-state index in [-0.39, 0.29) is 5.88 Å². The number of para-hydroxylation sites is 1. The van der Waals surface area contributed by atoms with Crippen LogP contribution in [0.1, 0.15) is 12.5 Å². The maximum Gasteiger partial charge on any atom is 0.405 e. The molecule has 0 N–H and O–H groups in total. The number of halogens is 4. The topological polar surface area (TPSA) is 3.24 Å². The second-order valence-electron chi connectivity index (χ2n) is 3.39. The van der Waals surface area contributed by atoms with Crippen LogP contribution in [0.25, 0.3) is 0 Å². The maximum atomic E-state index is 12.3. The molecule has 0 atom stereocenters. The lowest BCUT2D eigenvalue weighted by molar-refractivity contribution is -0.119. The quantitative estimate of drug-likeness (QED) is 0.736. The molecule has 5 heteroatoms. The lowest BCUT2D eigenvalue weighted by Crippen LogP contribution is -2.34. The summed E-state index contributed by atoms with van der Waals surface area (Å²) >= 11 is 5.70. The predicted molar refractivity (Wildman–Crippen MR) is 59.9 cm³/mol. The molecule has 0 spiro atoms. The summed E-state index contributed by atoms with van der Waals surface area (Å²) in [5.41, 5.74) is 1.27. The van der Waals surface area contributed by atoms with Crippen molar-refractivity contribution in [1.82, 2.24) is 0 Å². The molecule has 0 heterocycles. The smallest absolute Gasteiger partial charge is 0.363 e. The highest BCUT2D eigenvalue weighted by molar-refractivity contribution is 6.17. The largest absolute Gasteiger partial charge is 0.405 e. The molecule has 0 unspecified atom stereocenters. The fourth-order valence-electron chi connectivity index (χ4n) is 1.52. The number of benzene rings is 1. The van der Waals surface area contributed by atoms with Crippen LogP contribution in [0.5, 0.6) is 0 Å². The summed E-state index contributed by atoms with van der Waals surface area (Å²) in [5, 5.41) is 0. The molecule has 0 aliphatic carbocycles. The van der Waals surface area contributed by atoms with Crippen LogP contribution < -0.4 is 4.90 Å². The first-order valence-electron chi connectivity index (χ1n) is 4.93. The van der Waals surface area contributed by atoms with Gasteiger partial charge in [-0.3, -0.25) is 0 Å². The second kappa shape index (κ2) is 5.43. The van der Waals surface area contributed by atoms with Gasteiger partial charge in [-0.15, -0.1) is 11.6 Å². The van der Waals surface area contributed by atoms with Crippen LogP contribution in [-0.2, 0) is 5.88 Å². The van der Waals surface area contributed by atoms with Crippen molar-refractivity contribution >= 4 is 17.3 Å². The summed E-state index contributed by atoms with van der Waals surface area (Å²) in [4.78, 5) is 1.28. The minimum Gasteiger partial charge on any atom is -0.363 e. The summed E-state index contributed by atoms with van der Waals surface area (Å²) in [6.45, 7) is 1.04. The first kappa shape index (κ1) is 13.2. The van der Waals surface area contributed by atoms with E-state index in [0.29, 0.717) is 12.2 Å². The Labute approximate surface area is 97.8 Å². The summed E-state index contributed by atoms with van der Waals surface area (Å²) in [7, 11) is 0. The van der Waals surface area contributed by atoms with Gasteiger partial charge in [0, 0.05) is 18.1 Å². The van der Waals surface area contributed by atoms with Gasteiger partial charge in [-0.05, 0) is 18.6 Å². The highest BCUT2D eigenvalue weighted by Crippen LogP contribution is 2.25. The van der Waals surface area contributed by atoms with Crippen LogP contribution in [0.3, 0.4) is 0 Å². The fourth-order valence-corrected chi connectivity index (χ4v) is 1.74. The van der Waals surface area contributed by atoms with E-state index in [9.17, 15) is 13.2 Å². The van der Waals surface area contributed by atoms with E-state index in [1.54, 1.807) is 31.2 Å². The molecule has 0 saturated carbocycles. The standard InChI is InChI=1S/C11H13ClF3N/c1-2-16(8-11(13,14)15)10-6-4-3-5-9(10)7-12/h3-6H,2,7-8H2,1H3. The molecule has 16 heavy (non-hydrogen) atoms. The van der Waals surface area contributed by atoms with Crippen LogP contribution in [0.15, 0.2) is 24.3 Å². The van der Waals surface area contributed by atoms with E-state index in [4.69, 9.17) is 11.6 Å². The van der Waals surface area contributed by atoms with E-state index in [0.717, 1.165) is 5.56 Å². The highest BCUT2D eigenvalue weighted by atomic mass is 35.5. The summed E-state index contributed by atoms with van der Waals surface area (Å²) in [5.74, 6) is 0.213. The highest BCUT2D eigenvalue weighted by Gasteiger charge is 2.30. The normalized spacial score (nSPS) is 11.6. The third-order valence-corrected chi connectivity index (χ3v) is 2.52. The van der Waals surface area contributed by atoms with Crippen molar-refractivity contribution in [2.24, 2.45) is 0 Å². The Morgan fingerprint density at radius 1 is 1.25 bits per heavy atom. The van der Waals surface area contributed by atoms with Gasteiger partial charge >= 0.3 is 6.18 Å². The second-order valence-corrected chi connectivity index (χ2v) is 3.66. The van der Waals surface area contributed by atoms with Gasteiger partial charge in [0.15, 0.2) is 0 Å². The molecule has 90 valence electrons. The van der Waals surface area contributed by atoms with Gasteiger partial charge < -0.3 is 4.90 Å². The molecule has 0 amide bonds. The predicted octanol–water partition coefficient (Wildman–Crippen LogP) is 3.81. The zero-order chi connectivity index (χ0) is 12.2. The Morgan fingerprint density at radius 3 is 2.38 bits per heavy atom. The number of anilines is 1. The molecule has 1 rings (SSSR count). The molecule has 0 saturated heterocycles. The van der Waals surface area contributed by atoms with Gasteiger partial charge in [0.2, 0.25) is 0 Å². The van der Waals surface area contributed by atoms with Gasteiger partial charge in [-0.25, -0.2) is 0 Å². The Hall–Kier alpha value is -0.900. The molecular weight excluding hydrogens is 239 g/mol. The van der Waals surface area contributed by atoms with Crippen molar-refractivity contribution in [3.63, 3.8) is 0 Å². The van der Waals surface area contributed by atoms with Crippen molar-refractivity contribution in [1.29, 1.82) is 0 Å². The number of nitrogens with zero attached hydrogens (tertiary/aromatic N) is 1. The first-order valence-corrected chi connectivity index (χ1v) is 5.47. The summed E-state index contributed by atoms with van der Waals surface area (Å²) in [6.07, 6.45) is -4.20. The van der Waals surface area contributed by atoms with E-state index in [1.807, 2.05) is 0 Å². The molecular formula is C11H13ClF3N. The minimum absolute atomic E-state index is 0.213. The third-order valence-electron chi connectivity index (χ3n) is 2.23. The van der Waals surface area contributed by atoms with E-state index in [1.165, 1.54) is 4.90 Å². The fraction of sp³-hybridized carbons (Fsp3) is 0.455. The van der Waals surface area contributed by atoms with E-state index in [2.05, 4.69) is 0 Å². The van der Waals surface area contributed by atoms with Crippen LogP contribution in [0, 0.1) is 0 Å². The molecule has 0 radical (unpaired) electrons. The zero-order valence-electron chi connectivity index (χ0n) is 8.89. The SMILES string of the molecule is CCN(CC(F)(F)F)c1ccccc1CCl. The zero-order valence-corrected chi connectivity index (χ0v) is 9.65. The van der Waals surface area contributed by atoms with Gasteiger partial charge in [-0.2, -0.15) is 13.2 Å². The lowest BCUT2D eigenvalue weighted by Gasteiger charge is -2.26. The molecule has 0 bridgehead atoms. The minimum atomic E-state index is -4.20. The molecule has 1 nitrogen and oxygen atoms in total. The van der Waals surface area contributed by atoms with Crippen molar-refractivity contribution in [3.05, 3.63) is 29.8 Å². The number of alkyl halides is 4. The maximum absolute atomic E-state index is 12.3. The average molecular weight is 252 g/mol. The van der Waals surface area contributed by atoms with Gasteiger partial charge in [0.05, 0.1) is 0 Å². The van der Waals surface area contributed by atoms with Gasteiger partial charge in [-0.1, -0.05) is 18.2 Å². The van der Waals surface area contributed by atoms with Crippen LogP contribution >= 0.6 is 11.6 Å². The van der Waals surface area contributed by atoms with Crippen molar-refractivity contribution < 1.29 is 13.2 Å². The van der Waals surface area contributed by atoms with E-state index >= 15 is 0 Å². The lowest BCUT2D eigenvalue weighted by atomic mass is 10.2. The van der Waals surface area contributed by atoms with Gasteiger partial charge in [0.1, 0.15) is 6.54 Å². The van der Waals surface area contributed by atoms with Crippen LogP contribution in [-0.4, -0.2) is 19.3 Å². The van der Waals surface area contributed by atoms with Crippen molar-refractivity contribution in [2.75, 3.05) is 18.0 Å². The average Bonchev–Trinajstić information content (AvgIpc) is 2.24. The monoisotopic (exact) mass is 251 g/mol. The summed E-state index contributed by atoms with van der Waals surface area (Å²) < 4.78 is 37.0. The summed E-state index contributed by atoms with van der Waals surface area (Å²) in [6, 6.07) is 6.88. The Balaban J connectivity index is 2.94. The molecule has 0 aromatic heterocycles. The molecule has 1 aromatic carbocycles. The van der Waals surface area contributed by atoms with Crippen LogP contribution in [0.4, 0.5) is 18.9 Å². The molecule has 0 aliphatic heterocycles. The Morgan fingerprint density at radius 2 is 1.88 bits per heavy atom. The van der Waals surface area contributed by atoms with Crippen LogP contribution in [0.2, 0.25) is 0 Å². The first-order chi connectivity index (χ1) is 7.48. The van der Waals surface area contributed by atoms with Gasteiger partial charge in [0.25, 0.3) is 0 Å². The molecule has 0 fully saturated rings.